The van der Waals surface area contributed by atoms with Gasteiger partial charge < -0.3 is 15.1 Å². The fourth-order valence-corrected chi connectivity index (χ4v) is 3.44. The molecule has 0 aromatic heterocycles. The van der Waals surface area contributed by atoms with Crippen LogP contribution in [0.3, 0.4) is 0 Å². The smallest absolute Gasteiger partial charge is 0.321 e. The molecule has 0 spiro atoms. The van der Waals surface area contributed by atoms with Crippen LogP contribution >= 0.6 is 23.2 Å². The molecule has 0 saturated carbocycles. The summed E-state index contributed by atoms with van der Waals surface area (Å²) in [5.74, 6) is 0.183. The standard InChI is InChI=1S/C20H21Cl2N3O2/c1-24(13-15-6-3-8-17(21)19(15)22)20(27)23-16-7-2-5-14(11-16)12-25-10-4-9-18(25)26/h2-3,5-8,11H,4,9-10,12-13H2,1H3,(H,23,27). The van der Waals surface area contributed by atoms with E-state index in [1.54, 1.807) is 19.2 Å². The van der Waals surface area contributed by atoms with Crippen LogP contribution in [0.15, 0.2) is 42.5 Å². The lowest BCUT2D eigenvalue weighted by molar-refractivity contribution is -0.128. The van der Waals surface area contributed by atoms with Gasteiger partial charge in [0.05, 0.1) is 10.0 Å². The zero-order chi connectivity index (χ0) is 19.4. The van der Waals surface area contributed by atoms with Crippen molar-refractivity contribution < 1.29 is 9.59 Å². The second kappa shape index (κ2) is 8.63. The number of likely N-dealkylation sites (tertiary alicyclic amines) is 1. The van der Waals surface area contributed by atoms with Crippen molar-refractivity contribution in [3.63, 3.8) is 0 Å². The van der Waals surface area contributed by atoms with Gasteiger partial charge in [0.25, 0.3) is 0 Å². The van der Waals surface area contributed by atoms with Gasteiger partial charge in [0.1, 0.15) is 0 Å². The second-order valence-corrected chi connectivity index (χ2v) is 7.40. The highest BCUT2D eigenvalue weighted by Crippen LogP contribution is 2.26. The zero-order valence-electron chi connectivity index (χ0n) is 15.0. The topological polar surface area (TPSA) is 52.7 Å². The Bertz CT molecular complexity index is 857. The van der Waals surface area contributed by atoms with Crippen molar-refractivity contribution in [2.75, 3.05) is 18.9 Å². The molecule has 0 unspecified atom stereocenters. The summed E-state index contributed by atoms with van der Waals surface area (Å²) < 4.78 is 0. The van der Waals surface area contributed by atoms with Crippen LogP contribution in [0.25, 0.3) is 0 Å². The SMILES string of the molecule is CN(Cc1cccc(Cl)c1Cl)C(=O)Nc1cccc(CN2CCCC2=O)c1. The zero-order valence-corrected chi connectivity index (χ0v) is 16.6. The Morgan fingerprint density at radius 2 is 2.00 bits per heavy atom. The van der Waals surface area contributed by atoms with Crippen molar-refractivity contribution in [3.8, 4) is 0 Å². The van der Waals surface area contributed by atoms with E-state index in [1.807, 2.05) is 35.2 Å². The molecule has 0 atom stereocenters. The highest BCUT2D eigenvalue weighted by Gasteiger charge is 2.20. The van der Waals surface area contributed by atoms with Crippen LogP contribution in [-0.2, 0) is 17.9 Å². The quantitative estimate of drug-likeness (QED) is 0.777. The summed E-state index contributed by atoms with van der Waals surface area (Å²) in [5, 5.41) is 3.80. The van der Waals surface area contributed by atoms with E-state index in [4.69, 9.17) is 23.2 Å². The van der Waals surface area contributed by atoms with E-state index in [0.717, 1.165) is 24.1 Å². The molecule has 142 valence electrons. The molecule has 0 aliphatic carbocycles. The number of hydrogen-bond acceptors (Lipinski definition) is 2. The third-order valence-electron chi connectivity index (χ3n) is 4.51. The maximum absolute atomic E-state index is 12.5. The van der Waals surface area contributed by atoms with Gasteiger partial charge in [-0.3, -0.25) is 4.79 Å². The number of amides is 3. The molecule has 1 aliphatic rings. The van der Waals surface area contributed by atoms with Crippen LogP contribution in [0.1, 0.15) is 24.0 Å². The number of rotatable bonds is 5. The minimum absolute atomic E-state index is 0.183. The van der Waals surface area contributed by atoms with E-state index < -0.39 is 0 Å². The number of benzene rings is 2. The fourth-order valence-electron chi connectivity index (χ4n) is 3.06. The Morgan fingerprint density at radius 3 is 2.74 bits per heavy atom. The number of urea groups is 1. The lowest BCUT2D eigenvalue weighted by Crippen LogP contribution is -2.31. The lowest BCUT2D eigenvalue weighted by Gasteiger charge is -2.20. The van der Waals surface area contributed by atoms with Gasteiger partial charge in [-0.1, -0.05) is 47.5 Å². The van der Waals surface area contributed by atoms with Crippen LogP contribution in [0.5, 0.6) is 0 Å². The summed E-state index contributed by atoms with van der Waals surface area (Å²) in [6.07, 6.45) is 1.53. The van der Waals surface area contributed by atoms with E-state index in [0.29, 0.717) is 35.2 Å². The van der Waals surface area contributed by atoms with Gasteiger partial charge in [-0.05, 0) is 35.7 Å². The molecule has 1 saturated heterocycles. The first kappa shape index (κ1) is 19.5. The third-order valence-corrected chi connectivity index (χ3v) is 5.37. The molecule has 5 nitrogen and oxygen atoms in total. The minimum atomic E-state index is -0.250. The van der Waals surface area contributed by atoms with E-state index in [-0.39, 0.29) is 11.9 Å². The molecule has 2 aromatic carbocycles. The Kier molecular flexibility index (Phi) is 6.24. The summed E-state index contributed by atoms with van der Waals surface area (Å²) in [4.78, 5) is 27.7. The van der Waals surface area contributed by atoms with Crippen LogP contribution < -0.4 is 5.32 Å². The van der Waals surface area contributed by atoms with Gasteiger partial charge in [-0.25, -0.2) is 4.79 Å². The largest absolute Gasteiger partial charge is 0.338 e. The molecule has 3 rings (SSSR count). The lowest BCUT2D eigenvalue weighted by atomic mass is 10.2. The number of nitrogens with zero attached hydrogens (tertiary/aromatic N) is 2. The first-order valence-electron chi connectivity index (χ1n) is 8.76. The Morgan fingerprint density at radius 1 is 1.22 bits per heavy atom. The average molecular weight is 406 g/mol. The molecule has 1 fully saturated rings. The van der Waals surface area contributed by atoms with Gasteiger partial charge >= 0.3 is 6.03 Å². The predicted octanol–water partition coefficient (Wildman–Crippen LogP) is 4.78. The first-order chi connectivity index (χ1) is 12.9. The maximum Gasteiger partial charge on any atom is 0.321 e. The molecule has 1 heterocycles. The van der Waals surface area contributed by atoms with E-state index in [2.05, 4.69) is 5.32 Å². The molecule has 7 heteroatoms. The molecular formula is C20H21Cl2N3O2. The van der Waals surface area contributed by atoms with Gasteiger partial charge in [0, 0.05) is 38.8 Å². The molecule has 1 aliphatic heterocycles. The second-order valence-electron chi connectivity index (χ2n) is 6.62. The first-order valence-corrected chi connectivity index (χ1v) is 9.51. The Balaban J connectivity index is 1.62. The molecule has 0 radical (unpaired) electrons. The van der Waals surface area contributed by atoms with Crippen molar-refractivity contribution >= 4 is 40.8 Å². The minimum Gasteiger partial charge on any atom is -0.338 e. The molecule has 0 bridgehead atoms. The Labute approximate surface area is 168 Å². The summed E-state index contributed by atoms with van der Waals surface area (Å²) in [5.41, 5.74) is 2.46. The molecule has 27 heavy (non-hydrogen) atoms. The number of anilines is 1. The Hall–Kier alpha value is -2.24. The highest BCUT2D eigenvalue weighted by atomic mass is 35.5. The summed E-state index contributed by atoms with van der Waals surface area (Å²) >= 11 is 12.2. The molecular weight excluding hydrogens is 385 g/mol. The van der Waals surface area contributed by atoms with E-state index in [9.17, 15) is 9.59 Å². The average Bonchev–Trinajstić information content (AvgIpc) is 3.04. The van der Waals surface area contributed by atoms with Crippen LogP contribution in [0, 0.1) is 0 Å². The molecule has 1 N–H and O–H groups in total. The third kappa shape index (κ3) is 4.93. The van der Waals surface area contributed by atoms with Crippen LogP contribution in [-0.4, -0.2) is 35.3 Å². The summed E-state index contributed by atoms with van der Waals surface area (Å²) in [6.45, 7) is 1.70. The predicted molar refractivity (Wildman–Crippen MR) is 108 cm³/mol. The highest BCUT2D eigenvalue weighted by molar-refractivity contribution is 6.42. The van der Waals surface area contributed by atoms with E-state index in [1.165, 1.54) is 4.90 Å². The van der Waals surface area contributed by atoms with Crippen molar-refractivity contribution in [1.82, 2.24) is 9.80 Å². The molecule has 2 aromatic rings. The summed E-state index contributed by atoms with van der Waals surface area (Å²) in [7, 11) is 1.69. The van der Waals surface area contributed by atoms with Crippen molar-refractivity contribution in [3.05, 3.63) is 63.6 Å². The van der Waals surface area contributed by atoms with Crippen molar-refractivity contribution in [2.24, 2.45) is 0 Å². The summed E-state index contributed by atoms with van der Waals surface area (Å²) in [6, 6.07) is 12.7. The number of hydrogen-bond donors (Lipinski definition) is 1. The van der Waals surface area contributed by atoms with Crippen molar-refractivity contribution in [2.45, 2.75) is 25.9 Å². The van der Waals surface area contributed by atoms with Gasteiger partial charge in [-0.2, -0.15) is 0 Å². The number of carbonyl (C=O) groups excluding carboxylic acids is 2. The van der Waals surface area contributed by atoms with Crippen LogP contribution in [0.4, 0.5) is 10.5 Å². The number of carbonyl (C=O) groups is 2. The van der Waals surface area contributed by atoms with Crippen molar-refractivity contribution in [1.29, 1.82) is 0 Å². The normalized spacial score (nSPS) is 13.7. The van der Waals surface area contributed by atoms with Gasteiger partial charge in [-0.15, -0.1) is 0 Å². The fraction of sp³-hybridized carbons (Fsp3) is 0.300. The monoisotopic (exact) mass is 405 g/mol. The number of halogens is 2. The molecule has 3 amide bonds. The number of nitrogens with one attached hydrogen (secondary N) is 1. The van der Waals surface area contributed by atoms with Gasteiger partial charge in [0.2, 0.25) is 5.91 Å². The van der Waals surface area contributed by atoms with Crippen LogP contribution in [0.2, 0.25) is 10.0 Å². The van der Waals surface area contributed by atoms with Gasteiger partial charge in [0.15, 0.2) is 0 Å². The van der Waals surface area contributed by atoms with E-state index >= 15 is 0 Å². The maximum atomic E-state index is 12.5.